The number of aliphatic imine (C=N–C) groups is 1. The van der Waals surface area contributed by atoms with Crippen LogP contribution in [0.3, 0.4) is 0 Å². The molecule has 2 aromatic rings. The van der Waals surface area contributed by atoms with Crippen LogP contribution in [-0.2, 0) is 4.74 Å². The first-order valence-electron chi connectivity index (χ1n) is 9.19. The predicted octanol–water partition coefficient (Wildman–Crippen LogP) is 3.36. The lowest BCUT2D eigenvalue weighted by atomic mass is 10.1. The number of amidine groups is 1. The van der Waals surface area contributed by atoms with Gasteiger partial charge in [-0.05, 0) is 37.1 Å². The van der Waals surface area contributed by atoms with E-state index in [4.69, 9.17) is 14.5 Å². The molecule has 0 unspecified atom stereocenters. The van der Waals surface area contributed by atoms with Gasteiger partial charge in [-0.1, -0.05) is 30.3 Å². The normalized spacial score (nSPS) is 20.9. The van der Waals surface area contributed by atoms with E-state index in [-0.39, 0.29) is 0 Å². The molecule has 0 radical (unpaired) electrons. The van der Waals surface area contributed by atoms with Crippen molar-refractivity contribution >= 4 is 11.5 Å². The molecule has 0 aliphatic carbocycles. The number of rotatable bonds is 5. The molecule has 5 heteroatoms. The lowest BCUT2D eigenvalue weighted by Crippen LogP contribution is -2.48. The topological polar surface area (TPSA) is 37.3 Å². The monoisotopic (exact) mass is 351 g/mol. The summed E-state index contributed by atoms with van der Waals surface area (Å²) in [6.07, 6.45) is 2.65. The third-order valence-electron chi connectivity index (χ3n) is 4.92. The summed E-state index contributed by atoms with van der Waals surface area (Å²) in [6.45, 7) is 3.33. The van der Waals surface area contributed by atoms with E-state index in [0.29, 0.717) is 12.8 Å². The van der Waals surface area contributed by atoms with Crippen LogP contribution in [0.5, 0.6) is 5.75 Å². The van der Waals surface area contributed by atoms with Crippen LogP contribution in [0.25, 0.3) is 0 Å². The maximum atomic E-state index is 5.81. The molecule has 2 aliphatic rings. The minimum Gasteiger partial charge on any atom is -0.497 e. The molecule has 2 aromatic carbocycles. The minimum absolute atomic E-state index is 0.334. The molecule has 0 spiro atoms. The fourth-order valence-corrected chi connectivity index (χ4v) is 3.56. The van der Waals surface area contributed by atoms with Gasteiger partial charge in [-0.25, -0.2) is 0 Å². The standard InChI is InChI=1S/C21H25N3O2/c1-25-19-11-9-18(10-12-19)24-16-23(14-20-8-5-13-26-20)15-22-21(24)17-6-3-2-4-7-17/h2-4,6-7,9-12,20H,5,8,13-16H2,1H3/t20-/m1/s1. The van der Waals surface area contributed by atoms with Crippen LogP contribution in [0.2, 0.25) is 0 Å². The first-order valence-corrected chi connectivity index (χ1v) is 9.19. The van der Waals surface area contributed by atoms with Gasteiger partial charge in [0.15, 0.2) is 0 Å². The summed E-state index contributed by atoms with van der Waals surface area (Å²) in [5.74, 6) is 1.87. The second kappa shape index (κ2) is 7.89. The maximum absolute atomic E-state index is 5.81. The van der Waals surface area contributed by atoms with E-state index in [9.17, 15) is 0 Å². The van der Waals surface area contributed by atoms with Crippen molar-refractivity contribution in [1.29, 1.82) is 0 Å². The molecular weight excluding hydrogens is 326 g/mol. The molecule has 0 bridgehead atoms. The van der Waals surface area contributed by atoms with Crippen molar-refractivity contribution in [3.05, 3.63) is 60.2 Å². The highest BCUT2D eigenvalue weighted by Gasteiger charge is 2.26. The summed E-state index contributed by atoms with van der Waals surface area (Å²) in [6, 6.07) is 18.6. The van der Waals surface area contributed by atoms with E-state index in [1.54, 1.807) is 7.11 Å². The quantitative estimate of drug-likeness (QED) is 0.828. The molecule has 5 nitrogen and oxygen atoms in total. The predicted molar refractivity (Wildman–Crippen MR) is 104 cm³/mol. The zero-order chi connectivity index (χ0) is 17.8. The summed E-state index contributed by atoms with van der Waals surface area (Å²) in [4.78, 5) is 9.53. The molecule has 1 fully saturated rings. The lowest BCUT2D eigenvalue weighted by molar-refractivity contribution is 0.0739. The number of hydrogen-bond acceptors (Lipinski definition) is 5. The summed E-state index contributed by atoms with van der Waals surface area (Å²) in [5.41, 5.74) is 2.26. The summed E-state index contributed by atoms with van der Waals surface area (Å²) in [7, 11) is 1.69. The number of hydrogen-bond donors (Lipinski definition) is 0. The van der Waals surface area contributed by atoms with Gasteiger partial charge in [0.1, 0.15) is 11.6 Å². The van der Waals surface area contributed by atoms with Crippen molar-refractivity contribution in [1.82, 2.24) is 4.90 Å². The van der Waals surface area contributed by atoms with Crippen LogP contribution in [0.1, 0.15) is 18.4 Å². The molecule has 0 aromatic heterocycles. The Morgan fingerprint density at radius 3 is 2.62 bits per heavy atom. The third-order valence-corrected chi connectivity index (χ3v) is 4.92. The van der Waals surface area contributed by atoms with Crippen molar-refractivity contribution in [3.63, 3.8) is 0 Å². The van der Waals surface area contributed by atoms with Gasteiger partial charge in [-0.3, -0.25) is 9.89 Å². The van der Waals surface area contributed by atoms with E-state index in [1.807, 2.05) is 18.2 Å². The molecule has 26 heavy (non-hydrogen) atoms. The number of methoxy groups -OCH3 is 1. The number of nitrogens with zero attached hydrogens (tertiary/aromatic N) is 3. The van der Waals surface area contributed by atoms with Crippen molar-refractivity contribution in [2.45, 2.75) is 18.9 Å². The Kier molecular flexibility index (Phi) is 5.18. The largest absolute Gasteiger partial charge is 0.497 e. The Labute approximate surface area is 154 Å². The Bertz CT molecular complexity index is 740. The van der Waals surface area contributed by atoms with Gasteiger partial charge in [-0.15, -0.1) is 0 Å². The van der Waals surface area contributed by atoms with E-state index in [2.05, 4.69) is 46.2 Å². The summed E-state index contributed by atoms with van der Waals surface area (Å²) >= 11 is 0. The van der Waals surface area contributed by atoms with Crippen LogP contribution < -0.4 is 9.64 Å². The molecular formula is C21H25N3O2. The van der Waals surface area contributed by atoms with Gasteiger partial charge >= 0.3 is 0 Å². The molecule has 136 valence electrons. The van der Waals surface area contributed by atoms with Crippen molar-refractivity contribution in [2.75, 3.05) is 38.5 Å². The fraction of sp³-hybridized carbons (Fsp3) is 0.381. The molecule has 4 rings (SSSR count). The summed E-state index contributed by atoms with van der Waals surface area (Å²) in [5, 5.41) is 0. The minimum atomic E-state index is 0.334. The Morgan fingerprint density at radius 1 is 1.12 bits per heavy atom. The van der Waals surface area contributed by atoms with Crippen LogP contribution in [-0.4, -0.2) is 50.4 Å². The number of benzene rings is 2. The SMILES string of the molecule is COc1ccc(N2CN(C[C@H]3CCCO3)CN=C2c2ccccc2)cc1. The van der Waals surface area contributed by atoms with Crippen LogP contribution in [0.15, 0.2) is 59.6 Å². The van der Waals surface area contributed by atoms with Crippen LogP contribution in [0.4, 0.5) is 5.69 Å². The van der Waals surface area contributed by atoms with E-state index < -0.39 is 0 Å². The molecule has 1 atom stereocenters. The maximum Gasteiger partial charge on any atom is 0.137 e. The van der Waals surface area contributed by atoms with Gasteiger partial charge < -0.3 is 14.4 Å². The Morgan fingerprint density at radius 2 is 1.92 bits per heavy atom. The highest BCUT2D eigenvalue weighted by Crippen LogP contribution is 2.25. The molecule has 0 amide bonds. The number of ether oxygens (including phenoxy) is 2. The second-order valence-electron chi connectivity index (χ2n) is 6.75. The van der Waals surface area contributed by atoms with Crippen LogP contribution >= 0.6 is 0 Å². The first kappa shape index (κ1) is 17.1. The number of anilines is 1. The second-order valence-corrected chi connectivity index (χ2v) is 6.75. The van der Waals surface area contributed by atoms with E-state index in [1.165, 1.54) is 6.42 Å². The third kappa shape index (κ3) is 3.74. The smallest absolute Gasteiger partial charge is 0.137 e. The van der Waals surface area contributed by atoms with Gasteiger partial charge in [0.05, 0.1) is 26.6 Å². The highest BCUT2D eigenvalue weighted by atomic mass is 16.5. The lowest BCUT2D eigenvalue weighted by Gasteiger charge is -2.37. The highest BCUT2D eigenvalue weighted by molar-refractivity contribution is 6.10. The van der Waals surface area contributed by atoms with Gasteiger partial charge in [-0.2, -0.15) is 0 Å². The van der Waals surface area contributed by atoms with Crippen molar-refractivity contribution < 1.29 is 9.47 Å². The Hall–Kier alpha value is -2.37. The molecule has 0 saturated carbocycles. The van der Waals surface area contributed by atoms with Gasteiger partial charge in [0, 0.05) is 24.4 Å². The van der Waals surface area contributed by atoms with Crippen molar-refractivity contribution in [2.24, 2.45) is 4.99 Å². The molecule has 2 aliphatic heterocycles. The molecule has 0 N–H and O–H groups in total. The molecule has 1 saturated heterocycles. The van der Waals surface area contributed by atoms with E-state index in [0.717, 1.165) is 49.1 Å². The van der Waals surface area contributed by atoms with Crippen molar-refractivity contribution in [3.8, 4) is 5.75 Å². The average molecular weight is 351 g/mol. The van der Waals surface area contributed by atoms with Gasteiger partial charge in [0.25, 0.3) is 0 Å². The first-order chi connectivity index (χ1) is 12.8. The zero-order valence-corrected chi connectivity index (χ0v) is 15.2. The Balaban J connectivity index is 1.60. The van der Waals surface area contributed by atoms with E-state index >= 15 is 0 Å². The average Bonchev–Trinajstić information content (AvgIpc) is 3.22. The fourth-order valence-electron chi connectivity index (χ4n) is 3.56. The van der Waals surface area contributed by atoms with Gasteiger partial charge in [0.2, 0.25) is 0 Å². The molecule has 2 heterocycles. The summed E-state index contributed by atoms with van der Waals surface area (Å²) < 4.78 is 11.1. The zero-order valence-electron chi connectivity index (χ0n) is 15.2. The van der Waals surface area contributed by atoms with Crippen LogP contribution in [0, 0.1) is 0 Å².